The minimum Gasteiger partial charge on any atom is -0.482 e. The molecule has 0 atom stereocenters. The second-order valence-corrected chi connectivity index (χ2v) is 9.23. The Kier molecular flexibility index (Phi) is 6.36. The van der Waals surface area contributed by atoms with Crippen LogP contribution in [0, 0.1) is 13.8 Å². The summed E-state index contributed by atoms with van der Waals surface area (Å²) in [5.74, 6) is 0.793. The molecule has 3 aromatic carbocycles. The highest BCUT2D eigenvalue weighted by Gasteiger charge is 2.14. The number of nitrogens with one attached hydrogen (secondary N) is 1. The molecule has 0 bridgehead atoms. The number of aryl methyl sites for hydroxylation is 2. The lowest BCUT2D eigenvalue weighted by atomic mass is 10.1. The third kappa shape index (κ3) is 4.95. The first-order valence-corrected chi connectivity index (χ1v) is 11.3. The smallest absolute Gasteiger partial charge is 0.262 e. The highest BCUT2D eigenvalue weighted by Crippen LogP contribution is 2.33. The maximum Gasteiger partial charge on any atom is 0.262 e. The Bertz CT molecular complexity index is 1280. The lowest BCUT2D eigenvalue weighted by Gasteiger charge is -2.12. The molecule has 5 nitrogen and oxygen atoms in total. The summed E-state index contributed by atoms with van der Waals surface area (Å²) < 4.78 is 13.2. The number of carbonyl (C=O) groups excluding carboxylic acids is 1. The fourth-order valence-corrected chi connectivity index (χ4v) is 4.55. The lowest BCUT2D eigenvalue weighted by Crippen LogP contribution is -2.20. The molecule has 1 N–H and O–H groups in total. The monoisotopic (exact) mass is 562 g/mol. The molecule has 0 aliphatic heterocycles. The third-order valence-electron chi connectivity index (χ3n) is 4.55. The van der Waals surface area contributed by atoms with E-state index in [9.17, 15) is 4.79 Å². The van der Waals surface area contributed by atoms with Crippen LogP contribution in [0.25, 0.3) is 22.6 Å². The van der Waals surface area contributed by atoms with Crippen molar-refractivity contribution in [1.82, 2.24) is 4.98 Å². The number of carbonyl (C=O) groups is 1. The van der Waals surface area contributed by atoms with E-state index in [1.54, 1.807) is 24.3 Å². The van der Waals surface area contributed by atoms with Gasteiger partial charge in [-0.15, -0.1) is 0 Å². The topological polar surface area (TPSA) is 64.4 Å². The van der Waals surface area contributed by atoms with Crippen molar-refractivity contribution >= 4 is 66.2 Å². The van der Waals surface area contributed by atoms with Crippen molar-refractivity contribution in [3.05, 3.63) is 73.6 Å². The molecule has 158 valence electrons. The maximum absolute atomic E-state index is 12.4. The van der Waals surface area contributed by atoms with Crippen molar-refractivity contribution in [3.63, 3.8) is 0 Å². The molecule has 0 saturated carbocycles. The standard InChI is InChI=1S/C23H17Br2ClN2O3/c1-12-7-13(2)22(17(25)8-12)30-11-21(29)27-15-4-6-20-19(10-15)28-23(31-20)16-9-14(24)3-5-18(16)26/h3-10H,11H2,1-2H3,(H,27,29). The van der Waals surface area contributed by atoms with E-state index in [4.69, 9.17) is 20.8 Å². The number of oxazole rings is 1. The minimum atomic E-state index is -0.273. The Morgan fingerprint density at radius 3 is 2.71 bits per heavy atom. The zero-order chi connectivity index (χ0) is 22.1. The summed E-state index contributed by atoms with van der Waals surface area (Å²) in [4.78, 5) is 16.9. The Hall–Kier alpha value is -2.35. The van der Waals surface area contributed by atoms with Crippen LogP contribution in [0.5, 0.6) is 5.75 Å². The molecule has 0 spiro atoms. The maximum atomic E-state index is 12.4. The third-order valence-corrected chi connectivity index (χ3v) is 5.96. The van der Waals surface area contributed by atoms with Crippen LogP contribution < -0.4 is 10.1 Å². The zero-order valence-corrected chi connectivity index (χ0v) is 20.6. The Labute approximate surface area is 201 Å². The SMILES string of the molecule is Cc1cc(C)c(OCC(=O)Nc2ccc3oc(-c4cc(Br)ccc4Cl)nc3c2)c(Br)c1. The number of fused-ring (bicyclic) bond motifs is 1. The van der Waals surface area contributed by atoms with Gasteiger partial charge in [0, 0.05) is 10.2 Å². The van der Waals surface area contributed by atoms with Crippen molar-refractivity contribution in [1.29, 1.82) is 0 Å². The number of benzene rings is 3. The summed E-state index contributed by atoms with van der Waals surface area (Å²) in [5.41, 5.74) is 4.57. The fraction of sp³-hybridized carbons (Fsp3) is 0.130. The van der Waals surface area contributed by atoms with Crippen LogP contribution in [-0.4, -0.2) is 17.5 Å². The average molecular weight is 565 g/mol. The molecule has 31 heavy (non-hydrogen) atoms. The minimum absolute atomic E-state index is 0.113. The molecule has 0 aliphatic carbocycles. The van der Waals surface area contributed by atoms with E-state index in [0.29, 0.717) is 39.0 Å². The summed E-state index contributed by atoms with van der Waals surface area (Å²) in [5, 5.41) is 3.37. The Balaban J connectivity index is 1.49. The Morgan fingerprint density at radius 2 is 1.94 bits per heavy atom. The summed E-state index contributed by atoms with van der Waals surface area (Å²) in [7, 11) is 0. The molecule has 0 fully saturated rings. The van der Waals surface area contributed by atoms with Crippen molar-refractivity contribution in [2.75, 3.05) is 11.9 Å². The molecular formula is C23H17Br2ClN2O3. The van der Waals surface area contributed by atoms with Crippen LogP contribution in [0.3, 0.4) is 0 Å². The van der Waals surface area contributed by atoms with Gasteiger partial charge in [0.2, 0.25) is 5.89 Å². The second kappa shape index (κ2) is 9.02. The van der Waals surface area contributed by atoms with Crippen molar-refractivity contribution < 1.29 is 13.9 Å². The first kappa shape index (κ1) is 21.9. The molecule has 0 saturated heterocycles. The number of anilines is 1. The fourth-order valence-electron chi connectivity index (χ4n) is 3.20. The van der Waals surface area contributed by atoms with Crippen LogP contribution in [0.1, 0.15) is 11.1 Å². The predicted octanol–water partition coefficient (Wildman–Crippen LogP) is 7.31. The quantitative estimate of drug-likeness (QED) is 0.276. The molecule has 4 rings (SSSR count). The van der Waals surface area contributed by atoms with Gasteiger partial charge in [-0.05, 0) is 83.4 Å². The molecule has 0 radical (unpaired) electrons. The predicted molar refractivity (Wildman–Crippen MR) is 130 cm³/mol. The van der Waals surface area contributed by atoms with Crippen LogP contribution in [0.15, 0.2) is 61.9 Å². The average Bonchev–Trinajstić information content (AvgIpc) is 3.12. The number of nitrogens with zero attached hydrogens (tertiary/aromatic N) is 1. The van der Waals surface area contributed by atoms with Crippen LogP contribution >= 0.6 is 43.5 Å². The molecule has 8 heteroatoms. The van der Waals surface area contributed by atoms with E-state index in [-0.39, 0.29) is 12.5 Å². The lowest BCUT2D eigenvalue weighted by molar-refractivity contribution is -0.118. The zero-order valence-electron chi connectivity index (χ0n) is 16.6. The van der Waals surface area contributed by atoms with Crippen molar-refractivity contribution in [2.24, 2.45) is 0 Å². The van der Waals surface area contributed by atoms with Gasteiger partial charge in [0.1, 0.15) is 11.3 Å². The largest absolute Gasteiger partial charge is 0.482 e. The second-order valence-electron chi connectivity index (χ2n) is 7.06. The summed E-state index contributed by atoms with van der Waals surface area (Å²) in [6, 6.07) is 14.7. The number of amides is 1. The number of rotatable bonds is 5. The van der Waals surface area contributed by atoms with Crippen molar-refractivity contribution in [2.45, 2.75) is 13.8 Å². The normalized spacial score (nSPS) is 11.0. The van der Waals surface area contributed by atoms with Crippen LogP contribution in [0.2, 0.25) is 5.02 Å². The molecule has 0 unspecified atom stereocenters. The van der Waals surface area contributed by atoms with Gasteiger partial charge in [0.15, 0.2) is 12.2 Å². The highest BCUT2D eigenvalue weighted by molar-refractivity contribution is 9.10. The van der Waals surface area contributed by atoms with E-state index >= 15 is 0 Å². The molecule has 1 amide bonds. The molecule has 1 heterocycles. The number of halogens is 3. The van der Waals surface area contributed by atoms with Gasteiger partial charge in [-0.25, -0.2) is 4.98 Å². The number of hydrogen-bond donors (Lipinski definition) is 1. The highest BCUT2D eigenvalue weighted by atomic mass is 79.9. The van der Waals surface area contributed by atoms with E-state index in [2.05, 4.69) is 42.2 Å². The van der Waals surface area contributed by atoms with E-state index in [1.807, 2.05) is 38.1 Å². The molecular weight excluding hydrogens is 548 g/mol. The molecule has 1 aromatic heterocycles. The van der Waals surface area contributed by atoms with Gasteiger partial charge >= 0.3 is 0 Å². The van der Waals surface area contributed by atoms with Gasteiger partial charge in [-0.3, -0.25) is 4.79 Å². The van der Waals surface area contributed by atoms with Crippen molar-refractivity contribution in [3.8, 4) is 17.2 Å². The van der Waals surface area contributed by atoms with Gasteiger partial charge in [0.25, 0.3) is 5.91 Å². The summed E-state index contributed by atoms with van der Waals surface area (Å²) in [6.07, 6.45) is 0. The van der Waals surface area contributed by atoms with Gasteiger partial charge in [-0.2, -0.15) is 0 Å². The first-order valence-electron chi connectivity index (χ1n) is 9.35. The number of aromatic nitrogens is 1. The molecule has 4 aromatic rings. The summed E-state index contributed by atoms with van der Waals surface area (Å²) in [6.45, 7) is 3.83. The molecule has 0 aliphatic rings. The number of ether oxygens (including phenoxy) is 1. The first-order chi connectivity index (χ1) is 14.8. The number of hydrogen-bond acceptors (Lipinski definition) is 4. The van der Waals surface area contributed by atoms with E-state index in [1.165, 1.54) is 0 Å². The van der Waals surface area contributed by atoms with Crippen LogP contribution in [-0.2, 0) is 4.79 Å². The van der Waals surface area contributed by atoms with Gasteiger partial charge in [-0.1, -0.05) is 33.6 Å². The Morgan fingerprint density at radius 1 is 1.13 bits per heavy atom. The van der Waals surface area contributed by atoms with Gasteiger partial charge < -0.3 is 14.5 Å². The van der Waals surface area contributed by atoms with E-state index < -0.39 is 0 Å². The van der Waals surface area contributed by atoms with E-state index in [0.717, 1.165) is 20.1 Å². The summed E-state index contributed by atoms with van der Waals surface area (Å²) >= 11 is 13.2. The van der Waals surface area contributed by atoms with Gasteiger partial charge in [0.05, 0.1) is 15.1 Å². The van der Waals surface area contributed by atoms with Crippen LogP contribution in [0.4, 0.5) is 5.69 Å².